The smallest absolute Gasteiger partial charge is 0.110 e. The van der Waals surface area contributed by atoms with Crippen molar-refractivity contribution in [1.82, 2.24) is 10.3 Å². The van der Waals surface area contributed by atoms with Crippen molar-refractivity contribution in [3.63, 3.8) is 0 Å². The average molecular weight is 275 g/mol. The zero-order valence-electron chi connectivity index (χ0n) is 8.46. The van der Waals surface area contributed by atoms with Gasteiger partial charge in [0.25, 0.3) is 0 Å². The van der Waals surface area contributed by atoms with Crippen LogP contribution in [0.5, 0.6) is 0 Å². The molecule has 1 atom stereocenters. The molecule has 0 aliphatic heterocycles. The SMILES string of the molecule is CCC(CSc1ncccc1Br)NC. The van der Waals surface area contributed by atoms with Gasteiger partial charge in [0.15, 0.2) is 0 Å². The number of hydrogen-bond acceptors (Lipinski definition) is 3. The second kappa shape index (κ2) is 6.43. The number of nitrogens with one attached hydrogen (secondary N) is 1. The van der Waals surface area contributed by atoms with Crippen molar-refractivity contribution in [2.24, 2.45) is 0 Å². The fourth-order valence-electron chi connectivity index (χ4n) is 1.06. The molecule has 1 heterocycles. The summed E-state index contributed by atoms with van der Waals surface area (Å²) in [5, 5.41) is 4.35. The molecule has 0 saturated heterocycles. The third-order valence-electron chi connectivity index (χ3n) is 2.05. The van der Waals surface area contributed by atoms with Gasteiger partial charge in [-0.25, -0.2) is 4.98 Å². The van der Waals surface area contributed by atoms with E-state index in [4.69, 9.17) is 0 Å². The van der Waals surface area contributed by atoms with Crippen molar-refractivity contribution in [3.05, 3.63) is 22.8 Å². The summed E-state index contributed by atoms with van der Waals surface area (Å²) in [6.07, 6.45) is 2.97. The molecule has 0 saturated carbocycles. The van der Waals surface area contributed by atoms with Gasteiger partial charge >= 0.3 is 0 Å². The van der Waals surface area contributed by atoms with Gasteiger partial charge in [0, 0.05) is 22.5 Å². The summed E-state index contributed by atoms with van der Waals surface area (Å²) in [5.41, 5.74) is 0. The van der Waals surface area contributed by atoms with Crippen LogP contribution in [0.15, 0.2) is 27.8 Å². The van der Waals surface area contributed by atoms with Crippen molar-refractivity contribution in [1.29, 1.82) is 0 Å². The minimum absolute atomic E-state index is 0.564. The summed E-state index contributed by atoms with van der Waals surface area (Å²) in [5.74, 6) is 1.06. The van der Waals surface area contributed by atoms with Gasteiger partial charge in [-0.3, -0.25) is 0 Å². The lowest BCUT2D eigenvalue weighted by molar-refractivity contribution is 0.601. The summed E-state index contributed by atoms with van der Waals surface area (Å²) in [4.78, 5) is 4.31. The van der Waals surface area contributed by atoms with Crippen LogP contribution in [0, 0.1) is 0 Å². The van der Waals surface area contributed by atoms with Crippen LogP contribution in [0.1, 0.15) is 13.3 Å². The van der Waals surface area contributed by atoms with Gasteiger partial charge < -0.3 is 5.32 Å². The van der Waals surface area contributed by atoms with Gasteiger partial charge in [0.2, 0.25) is 0 Å². The van der Waals surface area contributed by atoms with Crippen LogP contribution in [0.3, 0.4) is 0 Å². The van der Waals surface area contributed by atoms with E-state index < -0.39 is 0 Å². The molecule has 0 bridgehead atoms. The van der Waals surface area contributed by atoms with Crippen molar-refractivity contribution in [3.8, 4) is 0 Å². The van der Waals surface area contributed by atoms with E-state index in [-0.39, 0.29) is 0 Å². The highest BCUT2D eigenvalue weighted by Crippen LogP contribution is 2.25. The third kappa shape index (κ3) is 3.59. The summed E-state index contributed by atoms with van der Waals surface area (Å²) in [7, 11) is 2.00. The maximum absolute atomic E-state index is 4.31. The molecule has 1 rings (SSSR count). The predicted molar refractivity (Wildman–Crippen MR) is 65.8 cm³/mol. The Morgan fingerprint density at radius 2 is 2.43 bits per heavy atom. The lowest BCUT2D eigenvalue weighted by Gasteiger charge is -2.12. The van der Waals surface area contributed by atoms with Gasteiger partial charge in [-0.1, -0.05) is 6.92 Å². The van der Waals surface area contributed by atoms with Gasteiger partial charge in [0.1, 0.15) is 5.03 Å². The Morgan fingerprint density at radius 3 is 3.00 bits per heavy atom. The second-order valence-electron chi connectivity index (χ2n) is 3.00. The highest BCUT2D eigenvalue weighted by Gasteiger charge is 2.06. The number of hydrogen-bond donors (Lipinski definition) is 1. The molecule has 2 nitrogen and oxygen atoms in total. The molecule has 0 amide bonds. The number of pyridine rings is 1. The summed E-state index contributed by atoms with van der Waals surface area (Å²) in [6.45, 7) is 2.19. The summed E-state index contributed by atoms with van der Waals surface area (Å²) < 4.78 is 1.08. The number of nitrogens with zero attached hydrogens (tertiary/aromatic N) is 1. The maximum Gasteiger partial charge on any atom is 0.110 e. The van der Waals surface area contributed by atoms with Crippen LogP contribution in [-0.4, -0.2) is 23.8 Å². The molecule has 1 N–H and O–H groups in total. The van der Waals surface area contributed by atoms with Crippen molar-refractivity contribution in [2.75, 3.05) is 12.8 Å². The lowest BCUT2D eigenvalue weighted by Crippen LogP contribution is -2.26. The van der Waals surface area contributed by atoms with Crippen LogP contribution in [0.2, 0.25) is 0 Å². The van der Waals surface area contributed by atoms with E-state index >= 15 is 0 Å². The molecule has 0 spiro atoms. The van der Waals surface area contributed by atoms with Gasteiger partial charge in [-0.05, 0) is 41.5 Å². The molecular formula is C10H15BrN2S. The second-order valence-corrected chi connectivity index (χ2v) is 4.86. The van der Waals surface area contributed by atoms with E-state index in [1.54, 1.807) is 11.8 Å². The van der Waals surface area contributed by atoms with Crippen molar-refractivity contribution in [2.45, 2.75) is 24.4 Å². The Bertz CT molecular complexity index is 277. The maximum atomic E-state index is 4.31. The zero-order valence-corrected chi connectivity index (χ0v) is 10.9. The van der Waals surface area contributed by atoms with Crippen molar-refractivity contribution >= 4 is 27.7 Å². The first-order valence-corrected chi connectivity index (χ1v) is 6.46. The van der Waals surface area contributed by atoms with E-state index in [2.05, 4.69) is 33.2 Å². The van der Waals surface area contributed by atoms with E-state index in [0.29, 0.717) is 6.04 Å². The molecule has 4 heteroatoms. The standard InChI is InChI=1S/C10H15BrN2S/c1-3-8(12-2)7-14-10-9(11)5-4-6-13-10/h4-6,8,12H,3,7H2,1-2H3. The first-order valence-electron chi connectivity index (χ1n) is 4.68. The van der Waals surface area contributed by atoms with Crippen LogP contribution in [-0.2, 0) is 0 Å². The van der Waals surface area contributed by atoms with E-state index in [0.717, 1.165) is 21.7 Å². The van der Waals surface area contributed by atoms with Gasteiger partial charge in [-0.15, -0.1) is 11.8 Å². The average Bonchev–Trinajstić information content (AvgIpc) is 2.22. The molecule has 78 valence electrons. The molecule has 14 heavy (non-hydrogen) atoms. The topological polar surface area (TPSA) is 24.9 Å². The van der Waals surface area contributed by atoms with Gasteiger partial charge in [0.05, 0.1) is 0 Å². The van der Waals surface area contributed by atoms with Crippen LogP contribution < -0.4 is 5.32 Å². The van der Waals surface area contributed by atoms with Crippen LogP contribution in [0.25, 0.3) is 0 Å². The largest absolute Gasteiger partial charge is 0.316 e. The minimum Gasteiger partial charge on any atom is -0.316 e. The van der Waals surface area contributed by atoms with E-state index in [1.807, 2.05) is 25.4 Å². The fourth-order valence-corrected chi connectivity index (χ4v) is 2.76. The van der Waals surface area contributed by atoms with Gasteiger partial charge in [-0.2, -0.15) is 0 Å². The first kappa shape index (κ1) is 12.0. The first-order chi connectivity index (χ1) is 6.77. The highest BCUT2D eigenvalue weighted by molar-refractivity contribution is 9.10. The molecule has 0 aromatic carbocycles. The molecule has 0 radical (unpaired) electrons. The monoisotopic (exact) mass is 274 g/mol. The lowest BCUT2D eigenvalue weighted by atomic mass is 10.3. The van der Waals surface area contributed by atoms with Crippen LogP contribution >= 0.6 is 27.7 Å². The third-order valence-corrected chi connectivity index (χ3v) is 4.12. The van der Waals surface area contributed by atoms with Crippen LogP contribution in [0.4, 0.5) is 0 Å². The summed E-state index contributed by atoms with van der Waals surface area (Å²) in [6, 6.07) is 4.52. The Balaban J connectivity index is 2.49. The molecular weight excluding hydrogens is 260 g/mol. The number of thioether (sulfide) groups is 1. The molecule has 1 aromatic rings. The Hall–Kier alpha value is -0.0600. The Morgan fingerprint density at radius 1 is 1.64 bits per heavy atom. The zero-order chi connectivity index (χ0) is 10.4. The Labute approximate surface area is 98.0 Å². The summed E-state index contributed by atoms with van der Waals surface area (Å²) >= 11 is 5.27. The number of halogens is 1. The minimum atomic E-state index is 0.564. The fraction of sp³-hybridized carbons (Fsp3) is 0.500. The number of aromatic nitrogens is 1. The molecule has 1 aromatic heterocycles. The Kier molecular flexibility index (Phi) is 5.52. The molecule has 1 unspecified atom stereocenters. The van der Waals surface area contributed by atoms with Crippen molar-refractivity contribution < 1.29 is 0 Å². The molecule has 0 aliphatic carbocycles. The van der Waals surface area contributed by atoms with E-state index in [1.165, 1.54) is 0 Å². The normalized spacial score (nSPS) is 12.8. The molecule has 0 fully saturated rings. The molecule has 0 aliphatic rings. The quantitative estimate of drug-likeness (QED) is 0.836. The number of rotatable bonds is 5. The van der Waals surface area contributed by atoms with E-state index in [9.17, 15) is 0 Å². The predicted octanol–water partition coefficient (Wildman–Crippen LogP) is 2.93. The highest BCUT2D eigenvalue weighted by atomic mass is 79.9.